The number of nitrogens with zero attached hydrogens (tertiary/aromatic N) is 3. The number of ether oxygens (including phenoxy) is 1. The van der Waals surface area contributed by atoms with Crippen LogP contribution < -0.4 is 15.0 Å². The molecule has 0 radical (unpaired) electrons. The lowest BCUT2D eigenvalue weighted by Crippen LogP contribution is -2.38. The van der Waals surface area contributed by atoms with E-state index in [1.54, 1.807) is 0 Å². The van der Waals surface area contributed by atoms with Gasteiger partial charge in [-0.2, -0.15) is 5.10 Å². The predicted molar refractivity (Wildman–Crippen MR) is 97.9 cm³/mol. The van der Waals surface area contributed by atoms with Crippen molar-refractivity contribution in [3.05, 3.63) is 42.1 Å². The highest BCUT2D eigenvalue weighted by Gasteiger charge is 2.26. The van der Waals surface area contributed by atoms with Crippen molar-refractivity contribution in [1.29, 1.82) is 0 Å². The normalized spacial score (nSPS) is 15.0. The van der Waals surface area contributed by atoms with E-state index >= 15 is 0 Å². The standard InChI is InChI=1S/C19H24N4O2/c1-3-25-17-7-5-4-6-16(17)20-19(24)15-10-12-23(13-11-15)18-9-8-14(2)21-22-18/h4-9,15H,3,10-13H2,1-2H3,(H,20,24). The number of rotatable bonds is 5. The number of hydrogen-bond donors (Lipinski definition) is 1. The molecular formula is C19H24N4O2. The van der Waals surface area contributed by atoms with Gasteiger partial charge >= 0.3 is 0 Å². The zero-order chi connectivity index (χ0) is 17.6. The summed E-state index contributed by atoms with van der Waals surface area (Å²) in [6.07, 6.45) is 1.61. The first-order valence-electron chi connectivity index (χ1n) is 8.75. The Morgan fingerprint density at radius 1 is 1.20 bits per heavy atom. The van der Waals surface area contributed by atoms with Gasteiger partial charge in [-0.3, -0.25) is 4.79 Å². The molecule has 6 heteroatoms. The Morgan fingerprint density at radius 2 is 1.96 bits per heavy atom. The van der Waals surface area contributed by atoms with E-state index in [0.717, 1.165) is 43.1 Å². The van der Waals surface area contributed by atoms with E-state index < -0.39 is 0 Å². The monoisotopic (exact) mass is 340 g/mol. The molecule has 1 N–H and O–H groups in total. The smallest absolute Gasteiger partial charge is 0.227 e. The second-order valence-electron chi connectivity index (χ2n) is 6.21. The Hall–Kier alpha value is -2.63. The van der Waals surface area contributed by atoms with Crippen LogP contribution in [0, 0.1) is 12.8 Å². The number of carbonyl (C=O) groups excluding carboxylic acids is 1. The van der Waals surface area contributed by atoms with E-state index in [9.17, 15) is 4.79 Å². The van der Waals surface area contributed by atoms with Crippen molar-refractivity contribution in [3.63, 3.8) is 0 Å². The molecule has 0 bridgehead atoms. The quantitative estimate of drug-likeness (QED) is 0.906. The number of anilines is 2. The van der Waals surface area contributed by atoms with Crippen LogP contribution in [0.1, 0.15) is 25.5 Å². The molecule has 2 heterocycles. The highest BCUT2D eigenvalue weighted by atomic mass is 16.5. The minimum absolute atomic E-state index is 0.00402. The lowest BCUT2D eigenvalue weighted by atomic mass is 9.95. The minimum Gasteiger partial charge on any atom is -0.492 e. The zero-order valence-electron chi connectivity index (χ0n) is 14.7. The van der Waals surface area contributed by atoms with Gasteiger partial charge in [0.1, 0.15) is 5.75 Å². The first-order valence-corrected chi connectivity index (χ1v) is 8.75. The van der Waals surface area contributed by atoms with Crippen molar-refractivity contribution in [2.24, 2.45) is 5.92 Å². The highest BCUT2D eigenvalue weighted by molar-refractivity contribution is 5.94. The van der Waals surface area contributed by atoms with Crippen molar-refractivity contribution in [2.75, 3.05) is 29.9 Å². The molecule has 132 valence electrons. The van der Waals surface area contributed by atoms with Gasteiger partial charge in [0.2, 0.25) is 5.91 Å². The van der Waals surface area contributed by atoms with Crippen LogP contribution in [0.25, 0.3) is 0 Å². The molecule has 1 aromatic heterocycles. The average molecular weight is 340 g/mol. The number of nitrogens with one attached hydrogen (secondary N) is 1. The summed E-state index contributed by atoms with van der Waals surface area (Å²) in [6.45, 7) is 6.05. The summed E-state index contributed by atoms with van der Waals surface area (Å²) in [5.41, 5.74) is 1.65. The van der Waals surface area contributed by atoms with Gasteiger partial charge in [-0.05, 0) is 51.0 Å². The first kappa shape index (κ1) is 17.2. The summed E-state index contributed by atoms with van der Waals surface area (Å²) in [5, 5.41) is 11.4. The van der Waals surface area contributed by atoms with Crippen molar-refractivity contribution >= 4 is 17.4 Å². The summed E-state index contributed by atoms with van der Waals surface area (Å²) in [4.78, 5) is 14.8. The van der Waals surface area contributed by atoms with Crippen LogP contribution in [-0.4, -0.2) is 35.8 Å². The van der Waals surface area contributed by atoms with Crippen molar-refractivity contribution in [2.45, 2.75) is 26.7 Å². The zero-order valence-corrected chi connectivity index (χ0v) is 14.7. The molecule has 0 aliphatic carbocycles. The fraction of sp³-hybridized carbons (Fsp3) is 0.421. The molecule has 3 rings (SSSR count). The predicted octanol–water partition coefficient (Wildman–Crippen LogP) is 3.04. The molecule has 1 aliphatic rings. The van der Waals surface area contributed by atoms with Crippen LogP contribution in [0.4, 0.5) is 11.5 Å². The number of amides is 1. The number of aromatic nitrogens is 2. The number of para-hydroxylation sites is 2. The molecule has 0 atom stereocenters. The van der Waals surface area contributed by atoms with Crippen molar-refractivity contribution in [1.82, 2.24) is 10.2 Å². The van der Waals surface area contributed by atoms with Crippen LogP contribution in [0.15, 0.2) is 36.4 Å². The second kappa shape index (κ2) is 7.96. The van der Waals surface area contributed by atoms with Gasteiger partial charge in [-0.25, -0.2) is 0 Å². The molecule has 25 heavy (non-hydrogen) atoms. The van der Waals surface area contributed by atoms with Crippen LogP contribution >= 0.6 is 0 Å². The van der Waals surface area contributed by atoms with E-state index in [1.807, 2.05) is 50.2 Å². The third kappa shape index (κ3) is 4.26. The summed E-state index contributed by atoms with van der Waals surface area (Å²) in [5.74, 6) is 1.66. The maximum atomic E-state index is 12.6. The number of benzene rings is 1. The van der Waals surface area contributed by atoms with Crippen LogP contribution in [0.3, 0.4) is 0 Å². The van der Waals surface area contributed by atoms with Gasteiger partial charge in [0.15, 0.2) is 5.82 Å². The molecule has 1 amide bonds. The lowest BCUT2D eigenvalue weighted by Gasteiger charge is -2.31. The fourth-order valence-corrected chi connectivity index (χ4v) is 3.02. The van der Waals surface area contributed by atoms with Gasteiger partial charge in [-0.1, -0.05) is 12.1 Å². The molecule has 1 fully saturated rings. The Bertz CT molecular complexity index is 710. The Balaban J connectivity index is 1.57. The van der Waals surface area contributed by atoms with Crippen molar-refractivity contribution in [3.8, 4) is 5.75 Å². The van der Waals surface area contributed by atoms with Crippen LogP contribution in [0.5, 0.6) is 5.75 Å². The maximum absolute atomic E-state index is 12.6. The molecule has 0 saturated carbocycles. The summed E-state index contributed by atoms with van der Waals surface area (Å²) in [6, 6.07) is 11.5. The van der Waals surface area contributed by atoms with Gasteiger partial charge in [0.25, 0.3) is 0 Å². The van der Waals surface area contributed by atoms with Crippen LogP contribution in [0.2, 0.25) is 0 Å². The SMILES string of the molecule is CCOc1ccccc1NC(=O)C1CCN(c2ccc(C)nn2)CC1. The minimum atomic E-state index is 0.00402. The molecule has 6 nitrogen and oxygen atoms in total. The average Bonchev–Trinajstić information content (AvgIpc) is 2.64. The molecule has 1 aliphatic heterocycles. The van der Waals surface area contributed by atoms with Crippen LogP contribution in [-0.2, 0) is 4.79 Å². The number of piperidine rings is 1. The lowest BCUT2D eigenvalue weighted by molar-refractivity contribution is -0.120. The third-order valence-corrected chi connectivity index (χ3v) is 4.42. The summed E-state index contributed by atoms with van der Waals surface area (Å²) < 4.78 is 5.57. The summed E-state index contributed by atoms with van der Waals surface area (Å²) in [7, 11) is 0. The molecule has 2 aromatic rings. The first-order chi connectivity index (χ1) is 12.2. The largest absolute Gasteiger partial charge is 0.492 e. The van der Waals surface area contributed by atoms with Crippen molar-refractivity contribution < 1.29 is 9.53 Å². The topological polar surface area (TPSA) is 67.3 Å². The second-order valence-corrected chi connectivity index (χ2v) is 6.21. The molecule has 0 spiro atoms. The van der Waals surface area contributed by atoms with Gasteiger partial charge in [0.05, 0.1) is 18.0 Å². The molecular weight excluding hydrogens is 316 g/mol. The van der Waals surface area contributed by atoms with Gasteiger partial charge in [-0.15, -0.1) is 5.10 Å². The number of hydrogen-bond acceptors (Lipinski definition) is 5. The van der Waals surface area contributed by atoms with E-state index in [-0.39, 0.29) is 11.8 Å². The molecule has 0 unspecified atom stereocenters. The van der Waals surface area contributed by atoms with Gasteiger partial charge < -0.3 is 15.0 Å². The van der Waals surface area contributed by atoms with E-state index in [2.05, 4.69) is 20.4 Å². The fourth-order valence-electron chi connectivity index (χ4n) is 3.02. The third-order valence-electron chi connectivity index (χ3n) is 4.42. The number of aryl methyl sites for hydroxylation is 1. The highest BCUT2D eigenvalue weighted by Crippen LogP contribution is 2.27. The Labute approximate surface area is 148 Å². The van der Waals surface area contributed by atoms with E-state index in [1.165, 1.54) is 0 Å². The summed E-state index contributed by atoms with van der Waals surface area (Å²) >= 11 is 0. The van der Waals surface area contributed by atoms with E-state index in [0.29, 0.717) is 12.4 Å². The van der Waals surface area contributed by atoms with E-state index in [4.69, 9.17) is 4.74 Å². The number of carbonyl (C=O) groups is 1. The Morgan fingerprint density at radius 3 is 2.64 bits per heavy atom. The molecule has 1 aromatic carbocycles. The maximum Gasteiger partial charge on any atom is 0.227 e. The Kier molecular flexibility index (Phi) is 5.48. The van der Waals surface area contributed by atoms with Gasteiger partial charge in [0, 0.05) is 19.0 Å². The molecule has 1 saturated heterocycles.